The van der Waals surface area contributed by atoms with Crippen molar-refractivity contribution in [1.82, 2.24) is 4.90 Å². The first-order chi connectivity index (χ1) is 12.8. The smallest absolute Gasteiger partial charge is 0.303 e. The molecule has 0 aromatic heterocycles. The van der Waals surface area contributed by atoms with Gasteiger partial charge in [-0.05, 0) is 43.4 Å². The molecule has 0 atom stereocenters. The van der Waals surface area contributed by atoms with Gasteiger partial charge in [0.2, 0.25) is 5.91 Å². The Morgan fingerprint density at radius 1 is 0.963 bits per heavy atom. The first-order valence-electron chi connectivity index (χ1n) is 9.49. The van der Waals surface area contributed by atoms with Gasteiger partial charge >= 0.3 is 5.97 Å². The van der Waals surface area contributed by atoms with E-state index in [1.165, 1.54) is 6.07 Å². The number of likely N-dealkylation sites (tertiary alicyclic amines) is 1. The molecule has 1 fully saturated rings. The Hall–Kier alpha value is -2.02. The first-order valence-corrected chi connectivity index (χ1v) is 9.49. The Morgan fingerprint density at radius 3 is 2.15 bits per heavy atom. The van der Waals surface area contributed by atoms with Gasteiger partial charge in [0.1, 0.15) is 0 Å². The fraction of sp³-hybridized carbons (Fsp3) is 0.600. The molecule has 27 heavy (non-hydrogen) atoms. The molecule has 0 radical (unpaired) electrons. The molecule has 2 N–H and O–H groups in total. The Labute approximate surface area is 158 Å². The molecule has 1 aliphatic heterocycles. The van der Waals surface area contributed by atoms with Crippen LogP contribution in [0.4, 0.5) is 8.78 Å². The second kappa shape index (κ2) is 9.78. The largest absolute Gasteiger partial charge is 0.481 e. The monoisotopic (exact) mass is 383 g/mol. The highest BCUT2D eigenvalue weighted by Crippen LogP contribution is 2.33. The number of aliphatic hydroxyl groups is 1. The third kappa shape index (κ3) is 6.27. The van der Waals surface area contributed by atoms with E-state index in [1.807, 2.05) is 0 Å². The minimum atomic E-state index is -1.24. The molecule has 0 saturated carbocycles. The Kier molecular flexibility index (Phi) is 7.71. The second-order valence-electron chi connectivity index (χ2n) is 7.20. The molecule has 1 aromatic carbocycles. The van der Waals surface area contributed by atoms with Crippen LogP contribution >= 0.6 is 0 Å². The zero-order valence-corrected chi connectivity index (χ0v) is 15.4. The number of hydrogen-bond donors (Lipinski definition) is 2. The van der Waals surface area contributed by atoms with Gasteiger partial charge in [-0.3, -0.25) is 9.59 Å². The lowest BCUT2D eigenvalue weighted by Gasteiger charge is -2.38. The van der Waals surface area contributed by atoms with Crippen LogP contribution in [0.2, 0.25) is 0 Å². The van der Waals surface area contributed by atoms with E-state index in [9.17, 15) is 23.5 Å². The van der Waals surface area contributed by atoms with Crippen LogP contribution in [0.1, 0.15) is 63.4 Å². The average molecular weight is 383 g/mol. The zero-order valence-electron chi connectivity index (χ0n) is 15.4. The number of unbranched alkanes of at least 4 members (excludes halogenated alkanes) is 4. The lowest BCUT2D eigenvalue weighted by Crippen LogP contribution is -2.45. The van der Waals surface area contributed by atoms with Crippen LogP contribution in [0.3, 0.4) is 0 Å². The van der Waals surface area contributed by atoms with Crippen molar-refractivity contribution >= 4 is 11.9 Å². The number of amides is 1. The molecule has 150 valence electrons. The summed E-state index contributed by atoms with van der Waals surface area (Å²) in [5.74, 6) is -2.67. The predicted octanol–water partition coefficient (Wildman–Crippen LogP) is 3.59. The fourth-order valence-electron chi connectivity index (χ4n) is 3.44. The lowest BCUT2D eigenvalue weighted by molar-refractivity contribution is -0.137. The number of carboxylic acid groups (broad SMARTS) is 1. The average Bonchev–Trinajstić information content (AvgIpc) is 2.63. The summed E-state index contributed by atoms with van der Waals surface area (Å²) in [5.41, 5.74) is -0.898. The molecule has 2 rings (SSSR count). The van der Waals surface area contributed by atoms with Crippen molar-refractivity contribution in [1.29, 1.82) is 0 Å². The molecule has 5 nitrogen and oxygen atoms in total. The quantitative estimate of drug-likeness (QED) is 0.639. The van der Waals surface area contributed by atoms with Gasteiger partial charge in [-0.15, -0.1) is 0 Å². The molecule has 7 heteroatoms. The third-order valence-corrected chi connectivity index (χ3v) is 5.18. The summed E-state index contributed by atoms with van der Waals surface area (Å²) in [5, 5.41) is 19.3. The standard InChI is InChI=1S/C20H27F2NO4/c21-16-9-8-15(14-17(16)22)20(27)10-12-23(13-11-20)18(24)6-4-2-1-3-5-7-19(25)26/h8-9,14,27H,1-7,10-13H2,(H,25,26). The van der Waals surface area contributed by atoms with E-state index in [0.717, 1.165) is 37.8 Å². The van der Waals surface area contributed by atoms with E-state index in [1.54, 1.807) is 4.90 Å². The normalized spacial score (nSPS) is 16.3. The van der Waals surface area contributed by atoms with E-state index in [4.69, 9.17) is 5.11 Å². The van der Waals surface area contributed by atoms with Crippen LogP contribution in [0.15, 0.2) is 18.2 Å². The van der Waals surface area contributed by atoms with Gasteiger partial charge in [0.25, 0.3) is 0 Å². The highest BCUT2D eigenvalue weighted by Gasteiger charge is 2.35. The third-order valence-electron chi connectivity index (χ3n) is 5.18. The number of aliphatic carboxylic acids is 1. The number of hydrogen-bond acceptors (Lipinski definition) is 3. The van der Waals surface area contributed by atoms with E-state index in [0.29, 0.717) is 44.3 Å². The van der Waals surface area contributed by atoms with Gasteiger partial charge < -0.3 is 15.1 Å². The molecule has 1 amide bonds. The summed E-state index contributed by atoms with van der Waals surface area (Å²) in [7, 11) is 0. The lowest BCUT2D eigenvalue weighted by atomic mass is 9.84. The van der Waals surface area contributed by atoms with Crippen LogP contribution in [-0.2, 0) is 15.2 Å². The van der Waals surface area contributed by atoms with Gasteiger partial charge in [0.15, 0.2) is 11.6 Å². The molecular weight excluding hydrogens is 356 g/mol. The first kappa shape index (κ1) is 21.3. The number of piperidine rings is 1. The van der Waals surface area contributed by atoms with Gasteiger partial charge in [-0.25, -0.2) is 8.78 Å². The van der Waals surface area contributed by atoms with Gasteiger partial charge in [-0.1, -0.05) is 25.3 Å². The number of halogens is 2. The number of carboxylic acids is 1. The van der Waals surface area contributed by atoms with Crippen LogP contribution < -0.4 is 0 Å². The Bertz CT molecular complexity index is 657. The van der Waals surface area contributed by atoms with Gasteiger partial charge in [0.05, 0.1) is 5.60 Å². The number of carbonyl (C=O) groups is 2. The van der Waals surface area contributed by atoms with E-state index >= 15 is 0 Å². The maximum absolute atomic E-state index is 13.4. The minimum absolute atomic E-state index is 0.0351. The molecule has 1 saturated heterocycles. The van der Waals surface area contributed by atoms with Gasteiger partial charge in [-0.2, -0.15) is 0 Å². The van der Waals surface area contributed by atoms with E-state index in [-0.39, 0.29) is 12.3 Å². The summed E-state index contributed by atoms with van der Waals surface area (Å²) >= 11 is 0. The summed E-state index contributed by atoms with van der Waals surface area (Å²) in [6, 6.07) is 3.42. The Balaban J connectivity index is 1.70. The maximum atomic E-state index is 13.4. The summed E-state index contributed by atoms with van der Waals surface area (Å²) in [6.07, 6.45) is 5.28. The molecule has 0 spiro atoms. The number of benzene rings is 1. The van der Waals surface area contributed by atoms with Crippen LogP contribution in [0.5, 0.6) is 0 Å². The number of carbonyl (C=O) groups excluding carboxylic acids is 1. The van der Waals surface area contributed by atoms with E-state index in [2.05, 4.69) is 0 Å². The fourth-order valence-corrected chi connectivity index (χ4v) is 3.44. The molecular formula is C20H27F2NO4. The highest BCUT2D eigenvalue weighted by atomic mass is 19.2. The molecule has 0 aliphatic carbocycles. The molecule has 1 aliphatic rings. The summed E-state index contributed by atoms with van der Waals surface area (Å²) in [6.45, 7) is 0.764. The maximum Gasteiger partial charge on any atom is 0.303 e. The topological polar surface area (TPSA) is 77.8 Å². The van der Waals surface area contributed by atoms with Crippen molar-refractivity contribution in [2.45, 2.75) is 63.4 Å². The SMILES string of the molecule is O=C(O)CCCCCCCC(=O)N1CCC(O)(c2ccc(F)c(F)c2)CC1. The van der Waals surface area contributed by atoms with Crippen molar-refractivity contribution in [2.75, 3.05) is 13.1 Å². The van der Waals surface area contributed by atoms with Crippen LogP contribution in [0, 0.1) is 11.6 Å². The summed E-state index contributed by atoms with van der Waals surface area (Å²) in [4.78, 5) is 24.4. The van der Waals surface area contributed by atoms with Crippen molar-refractivity contribution in [3.63, 3.8) is 0 Å². The predicted molar refractivity (Wildman–Crippen MR) is 96.0 cm³/mol. The highest BCUT2D eigenvalue weighted by molar-refractivity contribution is 5.76. The zero-order chi connectivity index (χ0) is 19.9. The van der Waals surface area contributed by atoms with Crippen LogP contribution in [0.25, 0.3) is 0 Å². The Morgan fingerprint density at radius 2 is 1.56 bits per heavy atom. The van der Waals surface area contributed by atoms with Crippen molar-refractivity contribution in [2.24, 2.45) is 0 Å². The summed E-state index contributed by atoms with van der Waals surface area (Å²) < 4.78 is 26.5. The van der Waals surface area contributed by atoms with Gasteiger partial charge in [0, 0.05) is 25.9 Å². The van der Waals surface area contributed by atoms with Crippen molar-refractivity contribution < 1.29 is 28.6 Å². The molecule has 1 heterocycles. The molecule has 0 bridgehead atoms. The number of nitrogens with zero attached hydrogens (tertiary/aromatic N) is 1. The van der Waals surface area contributed by atoms with E-state index < -0.39 is 23.2 Å². The second-order valence-corrected chi connectivity index (χ2v) is 7.20. The molecule has 0 unspecified atom stereocenters. The van der Waals surface area contributed by atoms with Crippen molar-refractivity contribution in [3.8, 4) is 0 Å². The molecule has 1 aromatic rings. The minimum Gasteiger partial charge on any atom is -0.481 e. The van der Waals surface area contributed by atoms with Crippen LogP contribution in [-0.4, -0.2) is 40.1 Å². The van der Waals surface area contributed by atoms with Crippen molar-refractivity contribution in [3.05, 3.63) is 35.4 Å². The number of rotatable bonds is 9.